The van der Waals surface area contributed by atoms with Crippen molar-refractivity contribution >= 4 is 21.4 Å². The molecule has 0 saturated heterocycles. The van der Waals surface area contributed by atoms with Gasteiger partial charge >= 0.3 is 0 Å². The summed E-state index contributed by atoms with van der Waals surface area (Å²) in [5, 5.41) is 11.8. The number of aliphatic hydroxyl groups is 1. The summed E-state index contributed by atoms with van der Waals surface area (Å²) in [7, 11) is -3.38. The van der Waals surface area contributed by atoms with Gasteiger partial charge in [-0.05, 0) is 11.1 Å². The molecular weight excluding hydrogens is 308 g/mol. The smallest absolute Gasteiger partial charge is 0.215 e. The second-order valence-electron chi connectivity index (χ2n) is 4.85. The van der Waals surface area contributed by atoms with Crippen molar-refractivity contribution < 1.29 is 13.5 Å². The average Bonchev–Trinajstić information content (AvgIpc) is 2.99. The van der Waals surface area contributed by atoms with Crippen LogP contribution in [0.2, 0.25) is 0 Å². The lowest BCUT2D eigenvalue weighted by atomic mass is 10.2. The van der Waals surface area contributed by atoms with Crippen molar-refractivity contribution in [3.8, 4) is 0 Å². The van der Waals surface area contributed by atoms with Gasteiger partial charge in [0.15, 0.2) is 0 Å². The zero-order valence-electron chi connectivity index (χ0n) is 11.7. The fourth-order valence-electron chi connectivity index (χ4n) is 1.83. The van der Waals surface area contributed by atoms with Crippen molar-refractivity contribution in [3.63, 3.8) is 0 Å². The average molecular weight is 326 g/mol. The molecule has 0 fully saturated rings. The number of nitrogens with one attached hydrogen (secondary N) is 1. The van der Waals surface area contributed by atoms with Crippen LogP contribution in [0.3, 0.4) is 0 Å². The van der Waals surface area contributed by atoms with Gasteiger partial charge < -0.3 is 5.11 Å². The first-order chi connectivity index (χ1) is 10.00. The summed E-state index contributed by atoms with van der Waals surface area (Å²) in [6.45, 7) is 2.23. The van der Waals surface area contributed by atoms with Crippen molar-refractivity contribution in [3.05, 3.63) is 52.0 Å². The number of rotatable bonds is 7. The molecule has 0 bridgehead atoms. The number of aliphatic hydroxyl groups excluding tert-OH is 1. The molecule has 0 radical (unpaired) electrons. The topological polar surface area (TPSA) is 79.3 Å². The number of thiazole rings is 1. The quantitative estimate of drug-likeness (QED) is 0.814. The van der Waals surface area contributed by atoms with E-state index in [1.807, 2.05) is 12.3 Å². The second kappa shape index (κ2) is 7.13. The molecule has 0 spiro atoms. The fourth-order valence-corrected chi connectivity index (χ4v) is 3.76. The molecule has 1 aromatic heterocycles. The third kappa shape index (κ3) is 4.89. The van der Waals surface area contributed by atoms with Crippen molar-refractivity contribution in [2.75, 3.05) is 6.54 Å². The van der Waals surface area contributed by atoms with E-state index in [0.717, 1.165) is 10.6 Å². The Bertz CT molecular complexity index is 652. The Morgan fingerprint density at radius 2 is 1.95 bits per heavy atom. The van der Waals surface area contributed by atoms with Crippen LogP contribution in [0.4, 0.5) is 0 Å². The molecule has 2 N–H and O–H groups in total. The summed E-state index contributed by atoms with van der Waals surface area (Å²) in [6, 6.07) is 6.89. The minimum atomic E-state index is -3.38. The Labute approximate surface area is 128 Å². The van der Waals surface area contributed by atoms with Gasteiger partial charge in [-0.15, -0.1) is 11.3 Å². The number of benzene rings is 1. The van der Waals surface area contributed by atoms with Crippen LogP contribution in [0.1, 0.15) is 29.0 Å². The lowest BCUT2D eigenvalue weighted by Crippen LogP contribution is -2.28. The molecule has 114 valence electrons. The van der Waals surface area contributed by atoms with E-state index in [4.69, 9.17) is 5.11 Å². The normalized spacial score (nSPS) is 13.2. The molecule has 0 saturated carbocycles. The largest absolute Gasteiger partial charge is 0.392 e. The van der Waals surface area contributed by atoms with Crippen LogP contribution in [0.5, 0.6) is 0 Å². The molecule has 0 aliphatic heterocycles. The SMILES string of the molecule is CC(CNS(=O)(=O)Cc1ccc(CO)cc1)c1nccs1. The first kappa shape index (κ1) is 16.1. The number of sulfonamides is 1. The van der Waals surface area contributed by atoms with E-state index in [1.165, 1.54) is 11.3 Å². The highest BCUT2D eigenvalue weighted by atomic mass is 32.2. The minimum Gasteiger partial charge on any atom is -0.392 e. The van der Waals surface area contributed by atoms with E-state index < -0.39 is 10.0 Å². The van der Waals surface area contributed by atoms with Crippen molar-refractivity contribution in [1.82, 2.24) is 9.71 Å². The highest BCUT2D eigenvalue weighted by Crippen LogP contribution is 2.17. The van der Waals surface area contributed by atoms with Crippen molar-refractivity contribution in [2.24, 2.45) is 0 Å². The third-order valence-electron chi connectivity index (χ3n) is 3.04. The summed E-state index contributed by atoms with van der Waals surface area (Å²) in [6.07, 6.45) is 1.72. The zero-order chi connectivity index (χ0) is 15.3. The Kier molecular flexibility index (Phi) is 5.46. The Hall–Kier alpha value is -1.28. The summed E-state index contributed by atoms with van der Waals surface area (Å²) in [4.78, 5) is 4.18. The maximum Gasteiger partial charge on any atom is 0.215 e. The predicted octanol–water partition coefficient (Wildman–Crippen LogP) is 1.86. The fraction of sp³-hybridized carbons (Fsp3) is 0.357. The number of aromatic nitrogens is 1. The van der Waals surface area contributed by atoms with Gasteiger partial charge in [-0.1, -0.05) is 31.2 Å². The third-order valence-corrected chi connectivity index (χ3v) is 5.37. The zero-order valence-corrected chi connectivity index (χ0v) is 13.3. The summed E-state index contributed by atoms with van der Waals surface area (Å²) in [5.41, 5.74) is 1.46. The van der Waals surface area contributed by atoms with E-state index in [-0.39, 0.29) is 18.3 Å². The van der Waals surface area contributed by atoms with Crippen LogP contribution >= 0.6 is 11.3 Å². The lowest BCUT2D eigenvalue weighted by molar-refractivity contribution is 0.282. The van der Waals surface area contributed by atoms with Gasteiger partial charge in [0, 0.05) is 24.0 Å². The monoisotopic (exact) mass is 326 g/mol. The van der Waals surface area contributed by atoms with Gasteiger partial charge in [0.05, 0.1) is 17.4 Å². The number of nitrogens with zero attached hydrogens (tertiary/aromatic N) is 1. The van der Waals surface area contributed by atoms with Gasteiger partial charge in [0.1, 0.15) is 0 Å². The maximum atomic E-state index is 12.1. The van der Waals surface area contributed by atoms with Crippen molar-refractivity contribution in [2.45, 2.75) is 25.2 Å². The number of hydrogen-bond acceptors (Lipinski definition) is 5. The van der Waals surface area contributed by atoms with E-state index in [0.29, 0.717) is 12.1 Å². The first-order valence-corrected chi connectivity index (χ1v) is 9.09. The van der Waals surface area contributed by atoms with Crippen LogP contribution in [0.25, 0.3) is 0 Å². The molecule has 1 atom stereocenters. The molecular formula is C14H18N2O3S2. The van der Waals surface area contributed by atoms with E-state index >= 15 is 0 Å². The van der Waals surface area contributed by atoms with Gasteiger partial charge in [0.2, 0.25) is 10.0 Å². The minimum absolute atomic E-state index is 0.0450. The van der Waals surface area contributed by atoms with Gasteiger partial charge in [-0.3, -0.25) is 0 Å². The standard InChI is InChI=1S/C14H18N2O3S2/c1-11(14-15-6-7-20-14)8-16-21(18,19)10-13-4-2-12(9-17)3-5-13/h2-7,11,16-17H,8-10H2,1H3. The lowest BCUT2D eigenvalue weighted by Gasteiger charge is -2.11. The van der Waals surface area contributed by atoms with E-state index in [9.17, 15) is 8.42 Å². The molecule has 21 heavy (non-hydrogen) atoms. The van der Waals surface area contributed by atoms with E-state index in [1.54, 1.807) is 30.5 Å². The summed E-state index contributed by atoms with van der Waals surface area (Å²) in [5.74, 6) is -0.0138. The Morgan fingerprint density at radius 3 is 2.52 bits per heavy atom. The van der Waals surface area contributed by atoms with E-state index in [2.05, 4.69) is 9.71 Å². The van der Waals surface area contributed by atoms with Gasteiger partial charge in [0.25, 0.3) is 0 Å². The molecule has 0 aliphatic rings. The molecule has 1 aromatic carbocycles. The molecule has 2 aromatic rings. The maximum absolute atomic E-state index is 12.1. The summed E-state index contributed by atoms with van der Waals surface area (Å²) >= 11 is 1.52. The molecule has 0 aliphatic carbocycles. The highest BCUT2D eigenvalue weighted by Gasteiger charge is 2.15. The molecule has 5 nitrogen and oxygen atoms in total. The molecule has 1 heterocycles. The molecule has 2 rings (SSSR count). The molecule has 0 amide bonds. The predicted molar refractivity (Wildman–Crippen MR) is 83.5 cm³/mol. The molecule has 1 unspecified atom stereocenters. The number of hydrogen-bond donors (Lipinski definition) is 2. The van der Waals surface area contributed by atoms with Crippen LogP contribution < -0.4 is 4.72 Å². The Morgan fingerprint density at radius 1 is 1.29 bits per heavy atom. The van der Waals surface area contributed by atoms with Crippen LogP contribution in [-0.4, -0.2) is 25.1 Å². The van der Waals surface area contributed by atoms with Gasteiger partial charge in [-0.25, -0.2) is 18.1 Å². The van der Waals surface area contributed by atoms with Gasteiger partial charge in [-0.2, -0.15) is 0 Å². The highest BCUT2D eigenvalue weighted by molar-refractivity contribution is 7.88. The van der Waals surface area contributed by atoms with Crippen LogP contribution in [0.15, 0.2) is 35.8 Å². The van der Waals surface area contributed by atoms with Crippen molar-refractivity contribution in [1.29, 1.82) is 0 Å². The second-order valence-corrected chi connectivity index (χ2v) is 7.59. The summed E-state index contributed by atoms with van der Waals surface area (Å²) < 4.78 is 26.7. The molecule has 7 heteroatoms. The van der Waals surface area contributed by atoms with Crippen LogP contribution in [-0.2, 0) is 22.4 Å². The Balaban J connectivity index is 1.92. The van der Waals surface area contributed by atoms with Crippen LogP contribution in [0, 0.1) is 0 Å². The first-order valence-electron chi connectivity index (χ1n) is 6.55.